The largest absolute Gasteiger partial charge is 0.394 e. The van der Waals surface area contributed by atoms with Crippen molar-refractivity contribution in [3.05, 3.63) is 12.2 Å². The van der Waals surface area contributed by atoms with Gasteiger partial charge in [0.2, 0.25) is 5.91 Å². The van der Waals surface area contributed by atoms with Gasteiger partial charge in [0.25, 0.3) is 0 Å². The third kappa shape index (κ3) is 24.6. The molecule has 0 aliphatic carbocycles. The lowest BCUT2D eigenvalue weighted by atomic mass is 10.0. The molecular formula is C31H61NO3. The van der Waals surface area contributed by atoms with Crippen LogP contribution in [0.5, 0.6) is 0 Å². The number of hydrogen-bond acceptors (Lipinski definition) is 3. The molecule has 0 aliphatic heterocycles. The number of carbonyl (C=O) groups excluding carboxylic acids is 1. The Labute approximate surface area is 218 Å². The lowest BCUT2D eigenvalue weighted by molar-refractivity contribution is -0.123. The van der Waals surface area contributed by atoms with Gasteiger partial charge >= 0.3 is 0 Å². The fourth-order valence-electron chi connectivity index (χ4n) is 4.59. The molecule has 0 aromatic heterocycles. The van der Waals surface area contributed by atoms with Crippen LogP contribution in [0, 0.1) is 0 Å². The monoisotopic (exact) mass is 495 g/mol. The second-order valence-corrected chi connectivity index (χ2v) is 10.5. The molecule has 4 nitrogen and oxygen atoms in total. The van der Waals surface area contributed by atoms with E-state index in [1.807, 2.05) is 6.08 Å². The summed E-state index contributed by atoms with van der Waals surface area (Å²) in [4.78, 5) is 12.2. The molecule has 0 aromatic rings. The first-order valence-electron chi connectivity index (χ1n) is 15.4. The molecule has 0 saturated carbocycles. The first kappa shape index (κ1) is 34.1. The zero-order valence-corrected chi connectivity index (χ0v) is 23.6. The summed E-state index contributed by atoms with van der Waals surface area (Å²) in [6, 6.07) is -0.611. The minimum Gasteiger partial charge on any atom is -0.394 e. The van der Waals surface area contributed by atoms with Gasteiger partial charge in [0.05, 0.1) is 18.8 Å². The van der Waals surface area contributed by atoms with Crippen LogP contribution in [0.25, 0.3) is 0 Å². The van der Waals surface area contributed by atoms with Gasteiger partial charge in [-0.15, -0.1) is 0 Å². The predicted octanol–water partition coefficient (Wildman–Crippen LogP) is 8.39. The van der Waals surface area contributed by atoms with Crippen molar-refractivity contribution in [2.45, 2.75) is 174 Å². The number of carbonyl (C=O) groups is 1. The number of aliphatic hydroxyl groups is 2. The fourth-order valence-corrected chi connectivity index (χ4v) is 4.59. The van der Waals surface area contributed by atoms with Crippen molar-refractivity contribution in [3.63, 3.8) is 0 Å². The molecule has 0 bridgehead atoms. The molecule has 2 unspecified atom stereocenters. The van der Waals surface area contributed by atoms with E-state index in [9.17, 15) is 15.0 Å². The Morgan fingerprint density at radius 1 is 0.657 bits per heavy atom. The first-order valence-corrected chi connectivity index (χ1v) is 15.4. The van der Waals surface area contributed by atoms with Crippen molar-refractivity contribution >= 4 is 5.91 Å². The minimum absolute atomic E-state index is 0.0675. The van der Waals surface area contributed by atoms with Gasteiger partial charge in [-0.1, -0.05) is 148 Å². The van der Waals surface area contributed by atoms with E-state index < -0.39 is 12.1 Å². The molecule has 3 N–H and O–H groups in total. The van der Waals surface area contributed by atoms with E-state index in [-0.39, 0.29) is 12.5 Å². The van der Waals surface area contributed by atoms with Gasteiger partial charge in [-0.2, -0.15) is 0 Å². The number of unbranched alkanes of at least 4 members (excludes halogenated alkanes) is 20. The van der Waals surface area contributed by atoms with E-state index in [2.05, 4.69) is 19.2 Å². The molecule has 0 fully saturated rings. The number of amides is 1. The molecule has 4 heteroatoms. The van der Waals surface area contributed by atoms with Crippen molar-refractivity contribution in [2.75, 3.05) is 6.61 Å². The third-order valence-corrected chi connectivity index (χ3v) is 7.02. The van der Waals surface area contributed by atoms with Crippen LogP contribution in [0.3, 0.4) is 0 Å². The van der Waals surface area contributed by atoms with Gasteiger partial charge in [-0.05, 0) is 19.3 Å². The summed E-state index contributed by atoms with van der Waals surface area (Å²) in [5, 5.41) is 22.6. The standard InChI is InChI=1S/C31H61NO3/c1-3-5-7-9-11-13-14-15-16-17-18-19-21-23-25-27-31(35)32-29(28-33)30(34)26-24-22-20-12-10-8-6-4-2/h24,26,29-30,33-34H,3-23,25,27-28H2,1-2H3,(H,32,35)/b26-24+. The zero-order chi connectivity index (χ0) is 25.8. The topological polar surface area (TPSA) is 69.6 Å². The third-order valence-electron chi connectivity index (χ3n) is 7.02. The Bertz CT molecular complexity index is 466. The van der Waals surface area contributed by atoms with Crippen molar-refractivity contribution in [2.24, 2.45) is 0 Å². The van der Waals surface area contributed by atoms with E-state index in [0.29, 0.717) is 6.42 Å². The maximum Gasteiger partial charge on any atom is 0.220 e. The van der Waals surface area contributed by atoms with E-state index in [0.717, 1.165) is 25.7 Å². The van der Waals surface area contributed by atoms with Crippen LogP contribution in [0.4, 0.5) is 0 Å². The number of aliphatic hydroxyl groups excluding tert-OH is 2. The number of allylic oxidation sites excluding steroid dienone is 1. The fraction of sp³-hybridized carbons (Fsp3) is 0.903. The minimum atomic E-state index is -0.829. The van der Waals surface area contributed by atoms with Crippen molar-refractivity contribution < 1.29 is 15.0 Å². The SMILES string of the molecule is CCCCCCCC/C=C/C(O)C(CO)NC(=O)CCCCCCCCCCCCCCCCC. The summed E-state index contributed by atoms with van der Waals surface area (Å²) in [5.74, 6) is -0.0675. The van der Waals surface area contributed by atoms with Crippen LogP contribution in [-0.2, 0) is 4.79 Å². The zero-order valence-electron chi connectivity index (χ0n) is 23.6. The summed E-state index contributed by atoms with van der Waals surface area (Å²) in [6.07, 6.45) is 31.4. The molecular weight excluding hydrogens is 434 g/mol. The Morgan fingerprint density at radius 2 is 1.06 bits per heavy atom. The molecule has 35 heavy (non-hydrogen) atoms. The van der Waals surface area contributed by atoms with Crippen molar-refractivity contribution in [3.8, 4) is 0 Å². The molecule has 0 rings (SSSR count). The highest BCUT2D eigenvalue weighted by atomic mass is 16.3. The molecule has 0 saturated heterocycles. The van der Waals surface area contributed by atoms with Gasteiger partial charge in [-0.3, -0.25) is 4.79 Å². The summed E-state index contributed by atoms with van der Waals surface area (Å²) >= 11 is 0. The van der Waals surface area contributed by atoms with Gasteiger partial charge in [-0.25, -0.2) is 0 Å². The molecule has 0 heterocycles. The lowest BCUT2D eigenvalue weighted by Gasteiger charge is -2.20. The molecule has 0 aliphatic rings. The van der Waals surface area contributed by atoms with Crippen molar-refractivity contribution in [1.29, 1.82) is 0 Å². The second-order valence-electron chi connectivity index (χ2n) is 10.5. The molecule has 2 atom stereocenters. The average molecular weight is 496 g/mol. The van der Waals surface area contributed by atoms with E-state index in [4.69, 9.17) is 0 Å². The normalized spacial score (nSPS) is 13.4. The van der Waals surface area contributed by atoms with E-state index >= 15 is 0 Å². The molecule has 208 valence electrons. The summed E-state index contributed by atoms with van der Waals surface area (Å²) in [7, 11) is 0. The highest BCUT2D eigenvalue weighted by Gasteiger charge is 2.17. The van der Waals surface area contributed by atoms with E-state index in [1.165, 1.54) is 116 Å². The molecule has 1 amide bonds. The van der Waals surface area contributed by atoms with Crippen molar-refractivity contribution in [1.82, 2.24) is 5.32 Å². The summed E-state index contributed by atoms with van der Waals surface area (Å²) < 4.78 is 0. The Kier molecular flexibility index (Phi) is 27.0. The molecule has 0 radical (unpaired) electrons. The van der Waals surface area contributed by atoms with Crippen LogP contribution in [0.1, 0.15) is 162 Å². The summed E-state index contributed by atoms with van der Waals surface area (Å²) in [5.41, 5.74) is 0. The molecule has 0 spiro atoms. The van der Waals surface area contributed by atoms with Gasteiger partial charge in [0, 0.05) is 6.42 Å². The van der Waals surface area contributed by atoms with Crippen LogP contribution < -0.4 is 5.32 Å². The van der Waals surface area contributed by atoms with Gasteiger partial charge in [0.15, 0.2) is 0 Å². The highest BCUT2D eigenvalue weighted by molar-refractivity contribution is 5.76. The van der Waals surface area contributed by atoms with Gasteiger partial charge < -0.3 is 15.5 Å². The Hall–Kier alpha value is -0.870. The first-order chi connectivity index (χ1) is 17.2. The van der Waals surface area contributed by atoms with Crippen LogP contribution in [0.15, 0.2) is 12.2 Å². The number of hydrogen-bond donors (Lipinski definition) is 3. The van der Waals surface area contributed by atoms with E-state index in [1.54, 1.807) is 6.08 Å². The Morgan fingerprint density at radius 3 is 1.49 bits per heavy atom. The Balaban J connectivity index is 3.60. The lowest BCUT2D eigenvalue weighted by Crippen LogP contribution is -2.45. The maximum atomic E-state index is 12.2. The molecule has 0 aromatic carbocycles. The number of nitrogens with one attached hydrogen (secondary N) is 1. The second kappa shape index (κ2) is 27.7. The van der Waals surface area contributed by atoms with Crippen LogP contribution >= 0.6 is 0 Å². The average Bonchev–Trinajstić information content (AvgIpc) is 2.86. The smallest absolute Gasteiger partial charge is 0.220 e. The quantitative estimate of drug-likeness (QED) is 0.0791. The summed E-state index contributed by atoms with van der Waals surface area (Å²) in [6.45, 7) is 4.25. The predicted molar refractivity (Wildman–Crippen MR) is 152 cm³/mol. The van der Waals surface area contributed by atoms with Crippen LogP contribution in [-0.4, -0.2) is 34.9 Å². The van der Waals surface area contributed by atoms with Crippen LogP contribution in [0.2, 0.25) is 0 Å². The number of rotatable bonds is 27. The highest BCUT2D eigenvalue weighted by Crippen LogP contribution is 2.14. The van der Waals surface area contributed by atoms with Gasteiger partial charge in [0.1, 0.15) is 0 Å². The maximum absolute atomic E-state index is 12.2.